The minimum Gasteiger partial charge on any atom is -0.442 e. The molecule has 172 valence electrons. The van der Waals surface area contributed by atoms with Gasteiger partial charge < -0.3 is 15.4 Å². The molecule has 3 rings (SSSR count). The Balaban J connectivity index is 1.61. The molecule has 0 saturated carbocycles. The van der Waals surface area contributed by atoms with Gasteiger partial charge in [-0.25, -0.2) is 9.18 Å². The first kappa shape index (κ1) is 23.5. The normalized spacial score (nSPS) is 16.2. The van der Waals surface area contributed by atoms with E-state index >= 15 is 0 Å². The highest BCUT2D eigenvalue weighted by Gasteiger charge is 2.32. The van der Waals surface area contributed by atoms with E-state index in [9.17, 15) is 27.2 Å². The highest BCUT2D eigenvalue weighted by molar-refractivity contribution is 5.90. The Bertz CT molecular complexity index is 964. The molecular formula is C22H23F4N3O3. The molecule has 10 heteroatoms. The third-order valence-electron chi connectivity index (χ3n) is 4.90. The third-order valence-corrected chi connectivity index (χ3v) is 4.90. The van der Waals surface area contributed by atoms with Gasteiger partial charge in [0.25, 0.3) is 0 Å². The zero-order valence-corrected chi connectivity index (χ0v) is 17.3. The molecule has 1 heterocycles. The van der Waals surface area contributed by atoms with Crippen LogP contribution in [0.5, 0.6) is 0 Å². The van der Waals surface area contributed by atoms with Gasteiger partial charge in [0.15, 0.2) is 0 Å². The molecular weight excluding hydrogens is 430 g/mol. The highest BCUT2D eigenvalue weighted by Crippen LogP contribution is 2.29. The molecule has 2 amide bonds. The molecule has 1 saturated heterocycles. The maximum atomic E-state index is 14.8. The summed E-state index contributed by atoms with van der Waals surface area (Å²) in [6.07, 6.45) is -6.24. The number of benzene rings is 2. The molecule has 2 aromatic carbocycles. The van der Waals surface area contributed by atoms with E-state index in [1.165, 1.54) is 17.9 Å². The van der Waals surface area contributed by atoms with E-state index < -0.39 is 30.6 Å². The molecule has 0 aromatic heterocycles. The van der Waals surface area contributed by atoms with Crippen molar-refractivity contribution < 1.29 is 31.9 Å². The number of cyclic esters (lactones) is 1. The number of nitrogens with zero attached hydrogens (tertiary/aromatic N) is 1. The average molecular weight is 453 g/mol. The number of hydrogen-bond donors (Lipinski definition) is 2. The number of anilines is 1. The van der Waals surface area contributed by atoms with Crippen LogP contribution in [0, 0.1) is 5.82 Å². The number of alkyl halides is 3. The molecule has 1 unspecified atom stereocenters. The van der Waals surface area contributed by atoms with Gasteiger partial charge in [0, 0.05) is 25.6 Å². The maximum Gasteiger partial charge on any atom is 0.414 e. The summed E-state index contributed by atoms with van der Waals surface area (Å²) < 4.78 is 56.5. The molecule has 6 nitrogen and oxygen atoms in total. The van der Waals surface area contributed by atoms with Crippen LogP contribution >= 0.6 is 0 Å². The van der Waals surface area contributed by atoms with E-state index in [4.69, 9.17) is 4.74 Å². The molecule has 0 radical (unpaired) electrons. The molecule has 1 atom stereocenters. The lowest BCUT2D eigenvalue weighted by Gasteiger charge is -2.15. The standard InChI is InChI=1S/C22H23F4N3O3/c1-14(30)28-12-18-13-29(21(31)32-18)17-6-7-19(20(23)10-17)16-4-2-15(3-5-16)11-27-9-8-22(24,25)26/h2-7,10,18,27H,8-9,11-13H2,1H3,(H,28,30). The molecule has 1 aliphatic rings. The number of nitrogens with one attached hydrogen (secondary N) is 2. The number of ether oxygens (including phenoxy) is 1. The van der Waals surface area contributed by atoms with E-state index in [1.54, 1.807) is 36.4 Å². The van der Waals surface area contributed by atoms with Crippen molar-refractivity contribution in [3.05, 3.63) is 53.8 Å². The summed E-state index contributed by atoms with van der Waals surface area (Å²) in [6, 6.07) is 11.2. The van der Waals surface area contributed by atoms with Crippen LogP contribution < -0.4 is 15.5 Å². The van der Waals surface area contributed by atoms with Gasteiger partial charge in [-0.15, -0.1) is 0 Å². The minimum atomic E-state index is -4.20. The smallest absolute Gasteiger partial charge is 0.414 e. The second kappa shape index (κ2) is 9.99. The predicted octanol–water partition coefficient (Wildman–Crippen LogP) is 4.00. The van der Waals surface area contributed by atoms with Gasteiger partial charge >= 0.3 is 12.3 Å². The van der Waals surface area contributed by atoms with Crippen molar-refractivity contribution in [3.63, 3.8) is 0 Å². The summed E-state index contributed by atoms with van der Waals surface area (Å²) in [4.78, 5) is 24.4. The number of hydrogen-bond acceptors (Lipinski definition) is 4. The van der Waals surface area contributed by atoms with Crippen LogP contribution in [0.1, 0.15) is 18.9 Å². The van der Waals surface area contributed by atoms with Crippen LogP contribution in [0.3, 0.4) is 0 Å². The van der Waals surface area contributed by atoms with Crippen LogP contribution in [0.4, 0.5) is 28.0 Å². The summed E-state index contributed by atoms with van der Waals surface area (Å²) >= 11 is 0. The van der Waals surface area contributed by atoms with Crippen LogP contribution in [0.15, 0.2) is 42.5 Å². The van der Waals surface area contributed by atoms with E-state index in [1.807, 2.05) is 0 Å². The molecule has 1 aliphatic heterocycles. The lowest BCUT2D eigenvalue weighted by Crippen LogP contribution is -2.33. The fraction of sp³-hybridized carbons (Fsp3) is 0.364. The number of carbonyl (C=O) groups is 2. The van der Waals surface area contributed by atoms with Crippen LogP contribution in [-0.4, -0.2) is 43.9 Å². The largest absolute Gasteiger partial charge is 0.442 e. The quantitative estimate of drug-likeness (QED) is 0.468. The summed E-state index contributed by atoms with van der Waals surface area (Å²) in [7, 11) is 0. The van der Waals surface area contributed by atoms with E-state index in [-0.39, 0.29) is 32.1 Å². The Kier molecular flexibility index (Phi) is 7.34. The Morgan fingerprint density at radius 1 is 1.19 bits per heavy atom. The van der Waals surface area contributed by atoms with Crippen molar-refractivity contribution in [3.8, 4) is 11.1 Å². The summed E-state index contributed by atoms with van der Waals surface area (Å²) in [5, 5.41) is 5.30. The molecule has 32 heavy (non-hydrogen) atoms. The minimum absolute atomic E-state index is 0.175. The lowest BCUT2D eigenvalue weighted by atomic mass is 10.0. The first-order valence-corrected chi connectivity index (χ1v) is 10.0. The predicted molar refractivity (Wildman–Crippen MR) is 111 cm³/mol. The van der Waals surface area contributed by atoms with Gasteiger partial charge in [-0.3, -0.25) is 9.69 Å². The zero-order chi connectivity index (χ0) is 23.3. The fourth-order valence-corrected chi connectivity index (χ4v) is 3.27. The molecule has 1 fully saturated rings. The number of rotatable bonds is 8. The monoisotopic (exact) mass is 453 g/mol. The highest BCUT2D eigenvalue weighted by atomic mass is 19.4. The number of halogens is 4. The molecule has 2 aromatic rings. The van der Waals surface area contributed by atoms with E-state index in [0.29, 0.717) is 16.8 Å². The van der Waals surface area contributed by atoms with E-state index in [0.717, 1.165) is 5.56 Å². The first-order chi connectivity index (χ1) is 15.1. The van der Waals surface area contributed by atoms with Crippen molar-refractivity contribution in [2.45, 2.75) is 32.2 Å². The summed E-state index contributed by atoms with van der Waals surface area (Å²) in [5.41, 5.74) is 2.04. The van der Waals surface area contributed by atoms with Gasteiger partial charge in [0.2, 0.25) is 5.91 Å². The van der Waals surface area contributed by atoms with Gasteiger partial charge in [-0.1, -0.05) is 24.3 Å². The molecule has 0 spiro atoms. The van der Waals surface area contributed by atoms with E-state index in [2.05, 4.69) is 10.6 Å². The maximum absolute atomic E-state index is 14.8. The third kappa shape index (κ3) is 6.43. The second-order valence-electron chi connectivity index (χ2n) is 7.46. The second-order valence-corrected chi connectivity index (χ2v) is 7.46. The van der Waals surface area contributed by atoms with Gasteiger partial charge in [0.05, 0.1) is 25.2 Å². The Labute approximate surface area is 182 Å². The van der Waals surface area contributed by atoms with Crippen molar-refractivity contribution in [2.24, 2.45) is 0 Å². The van der Waals surface area contributed by atoms with Crippen molar-refractivity contribution in [2.75, 3.05) is 24.5 Å². The fourth-order valence-electron chi connectivity index (χ4n) is 3.27. The van der Waals surface area contributed by atoms with Crippen molar-refractivity contribution in [1.82, 2.24) is 10.6 Å². The molecule has 0 bridgehead atoms. The molecule has 0 aliphatic carbocycles. The van der Waals surface area contributed by atoms with Gasteiger partial charge in [-0.05, 0) is 29.3 Å². The Morgan fingerprint density at radius 3 is 2.53 bits per heavy atom. The number of carbonyl (C=O) groups excluding carboxylic acids is 2. The number of amides is 2. The summed E-state index contributed by atoms with van der Waals surface area (Å²) in [5.74, 6) is -0.769. The van der Waals surface area contributed by atoms with Crippen LogP contribution in [-0.2, 0) is 16.1 Å². The van der Waals surface area contributed by atoms with Gasteiger partial charge in [-0.2, -0.15) is 13.2 Å². The van der Waals surface area contributed by atoms with Gasteiger partial charge in [0.1, 0.15) is 11.9 Å². The summed E-state index contributed by atoms with van der Waals surface area (Å²) in [6.45, 7) is 1.82. The van der Waals surface area contributed by atoms with Crippen molar-refractivity contribution in [1.29, 1.82) is 0 Å². The molecule has 2 N–H and O–H groups in total. The Hall–Kier alpha value is -3.14. The van der Waals surface area contributed by atoms with Crippen LogP contribution in [0.2, 0.25) is 0 Å². The Morgan fingerprint density at radius 2 is 1.91 bits per heavy atom. The SMILES string of the molecule is CC(=O)NCC1CN(c2ccc(-c3ccc(CNCCC(F)(F)F)cc3)c(F)c2)C(=O)O1. The average Bonchev–Trinajstić information content (AvgIpc) is 3.10. The lowest BCUT2D eigenvalue weighted by molar-refractivity contribution is -0.133. The zero-order valence-electron chi connectivity index (χ0n) is 17.3. The topological polar surface area (TPSA) is 70.7 Å². The van der Waals surface area contributed by atoms with Crippen LogP contribution in [0.25, 0.3) is 11.1 Å². The van der Waals surface area contributed by atoms with Crippen molar-refractivity contribution >= 4 is 17.7 Å². The first-order valence-electron chi connectivity index (χ1n) is 10.0.